The van der Waals surface area contributed by atoms with E-state index in [1.807, 2.05) is 0 Å². The number of carbonyl (C=O) groups excluding carboxylic acids is 1. The Labute approximate surface area is 194 Å². The number of piperidine rings is 1. The fourth-order valence-corrected chi connectivity index (χ4v) is 4.61. The van der Waals surface area contributed by atoms with Crippen molar-refractivity contribution in [2.45, 2.75) is 47.2 Å². The van der Waals surface area contributed by atoms with Crippen LogP contribution >= 0.6 is 0 Å². The van der Waals surface area contributed by atoms with E-state index in [0.29, 0.717) is 0 Å². The minimum Gasteiger partial charge on any atom is -0.493 e. The van der Waals surface area contributed by atoms with Crippen molar-refractivity contribution in [1.82, 2.24) is 4.90 Å². The van der Waals surface area contributed by atoms with Crippen LogP contribution < -0.4 is 9.62 Å². The molecule has 0 radical (unpaired) electrons. The molecule has 0 bridgehead atoms. The molecule has 1 fully saturated rings. The zero-order chi connectivity index (χ0) is 27.0. The van der Waals surface area contributed by atoms with Gasteiger partial charge in [-0.05, 0) is 29.7 Å². The van der Waals surface area contributed by atoms with Crippen molar-refractivity contribution in [3.05, 3.63) is 23.3 Å². The average Bonchev–Trinajstić information content (AvgIpc) is 2.73. The fraction of sp³-hybridized carbons (Fsp3) is 0.611. The molecule has 0 aliphatic carbocycles. The molecular weight excluding hydrogens is 486 g/mol. The summed E-state index contributed by atoms with van der Waals surface area (Å²) in [5.74, 6) is -21.5. The van der Waals surface area contributed by atoms with Gasteiger partial charge in [-0.2, -0.15) is 0 Å². The number of fused-ring (bicyclic) bond motifs is 3. The minimum absolute atomic E-state index is 0.0193. The number of rotatable bonds is 6. The van der Waals surface area contributed by atoms with Crippen LogP contribution in [0.15, 0.2) is 12.1 Å². The number of nitrogens with zero attached hydrogens (tertiary/aromatic N) is 1. The number of aliphatic hydroxyl groups is 12. The van der Waals surface area contributed by atoms with Gasteiger partial charge in [0.2, 0.25) is 23.1 Å². The summed E-state index contributed by atoms with van der Waals surface area (Å²) in [4.78, 5) is 18.1. The molecule has 1 aromatic rings. The van der Waals surface area contributed by atoms with Crippen LogP contribution in [0.25, 0.3) is 0 Å². The molecule has 2 atom stereocenters. The predicted molar refractivity (Wildman–Crippen MR) is 102 cm³/mol. The highest BCUT2D eigenvalue weighted by molar-refractivity contribution is 5.96. The van der Waals surface area contributed by atoms with Gasteiger partial charge in [-0.15, -0.1) is 0 Å². The van der Waals surface area contributed by atoms with Gasteiger partial charge in [-0.1, -0.05) is 0 Å². The second-order valence-electron chi connectivity index (χ2n) is 8.49. The van der Waals surface area contributed by atoms with Crippen LogP contribution in [0.5, 0.6) is 11.5 Å². The Bertz CT molecular complexity index is 997. The number of methoxy groups -OCH3 is 1. The lowest BCUT2D eigenvalue weighted by atomic mass is 9.67. The predicted octanol–water partition coefficient (Wildman–Crippen LogP) is -6.89. The molecule has 2 aliphatic heterocycles. The van der Waals surface area contributed by atoms with Gasteiger partial charge in [0, 0.05) is 13.1 Å². The molecule has 2 aliphatic rings. The molecule has 3 rings (SSSR count). The first-order valence-corrected chi connectivity index (χ1v) is 9.72. The molecule has 2 unspecified atom stereocenters. The van der Waals surface area contributed by atoms with Crippen molar-refractivity contribution in [3.8, 4) is 11.5 Å². The molecular formula is C18H25NO16. The molecule has 0 spiro atoms. The van der Waals surface area contributed by atoms with E-state index < -0.39 is 53.1 Å². The maximum Gasteiger partial charge on any atom is 0.320 e. The molecule has 198 valence electrons. The molecule has 17 nitrogen and oxygen atoms in total. The molecule has 1 saturated heterocycles. The highest BCUT2D eigenvalue weighted by Gasteiger charge is 2.83. The van der Waals surface area contributed by atoms with Gasteiger partial charge in [-0.25, -0.2) is 5.26 Å². The van der Waals surface area contributed by atoms with Gasteiger partial charge in [0.1, 0.15) is 0 Å². The van der Waals surface area contributed by atoms with Crippen LogP contribution in [0.1, 0.15) is 17.2 Å². The summed E-state index contributed by atoms with van der Waals surface area (Å²) in [7, 11) is 1.17. The Hall–Kier alpha value is -2.07. The zero-order valence-electron chi connectivity index (χ0n) is 17.8. The van der Waals surface area contributed by atoms with E-state index >= 15 is 0 Å². The van der Waals surface area contributed by atoms with Crippen LogP contribution in [-0.4, -0.2) is 132 Å². The summed E-state index contributed by atoms with van der Waals surface area (Å²) in [6.45, 7) is -1.67. The summed E-state index contributed by atoms with van der Waals surface area (Å²) in [6.07, 6.45) is -0.0193. The first-order valence-electron chi connectivity index (χ1n) is 9.72. The summed E-state index contributed by atoms with van der Waals surface area (Å²) in [5.41, 5.74) is -9.05. The van der Waals surface area contributed by atoms with E-state index in [4.69, 9.17) is 9.99 Å². The molecule has 0 amide bonds. The zero-order valence-corrected chi connectivity index (χ0v) is 17.8. The molecule has 0 saturated carbocycles. The van der Waals surface area contributed by atoms with Crippen molar-refractivity contribution in [2.75, 3.05) is 20.2 Å². The lowest BCUT2D eigenvalue weighted by Gasteiger charge is -2.58. The smallest absolute Gasteiger partial charge is 0.320 e. The Morgan fingerprint density at radius 3 is 1.94 bits per heavy atom. The largest absolute Gasteiger partial charge is 0.493 e. The van der Waals surface area contributed by atoms with Gasteiger partial charge < -0.3 is 70.9 Å². The summed E-state index contributed by atoms with van der Waals surface area (Å²) < 4.78 is 5.01. The number of hydrogen-bond acceptors (Lipinski definition) is 17. The molecule has 2 heterocycles. The lowest BCUT2D eigenvalue weighted by molar-refractivity contribution is -0.553. The van der Waals surface area contributed by atoms with E-state index in [2.05, 4.69) is 4.89 Å². The molecule has 0 aromatic heterocycles. The second-order valence-corrected chi connectivity index (χ2v) is 8.49. The first kappa shape index (κ1) is 27.5. The van der Waals surface area contributed by atoms with Crippen LogP contribution in [0, 0.1) is 0 Å². The molecule has 35 heavy (non-hydrogen) atoms. The molecule has 13 N–H and O–H groups in total. The Morgan fingerprint density at radius 1 is 0.943 bits per heavy atom. The van der Waals surface area contributed by atoms with Gasteiger partial charge >= 0.3 is 11.9 Å². The summed E-state index contributed by atoms with van der Waals surface area (Å²) in [6, 6.07) is 0.593. The standard InChI is InChI=1S/C18H25NO16/c1-34-9-5-8-7(4-10(9)35-33)2-3-19-6-13(21,12(20)14(22,23)11(8)19)16(25,26)15(24,17(27,28)29)18(30,31)32/h4-5,11,21-33H,2-3,6H2,1H3. The third-order valence-electron chi connectivity index (χ3n) is 6.43. The van der Waals surface area contributed by atoms with E-state index in [1.165, 1.54) is 13.2 Å². The third kappa shape index (κ3) is 3.54. The summed E-state index contributed by atoms with van der Waals surface area (Å²) >= 11 is 0. The van der Waals surface area contributed by atoms with Crippen LogP contribution in [-0.2, 0) is 11.2 Å². The summed E-state index contributed by atoms with van der Waals surface area (Å²) in [5, 5.41) is 129. The minimum atomic E-state index is -5.16. The van der Waals surface area contributed by atoms with E-state index in [0.717, 1.165) is 11.0 Å². The van der Waals surface area contributed by atoms with Gasteiger partial charge in [-0.3, -0.25) is 9.69 Å². The van der Waals surface area contributed by atoms with Crippen molar-refractivity contribution in [3.63, 3.8) is 0 Å². The monoisotopic (exact) mass is 511 g/mol. The molecule has 17 heteroatoms. The third-order valence-corrected chi connectivity index (χ3v) is 6.43. The van der Waals surface area contributed by atoms with Gasteiger partial charge in [0.25, 0.3) is 5.60 Å². The second kappa shape index (κ2) is 7.96. The molecule has 1 aromatic carbocycles. The maximum atomic E-state index is 13.1. The SMILES string of the molecule is COc1cc2c(cc1OO)CCN1CC(O)(C(O)(O)C(O)(C(O)(O)O)C(O)(O)O)C(=O)C(O)(O)C21. The van der Waals surface area contributed by atoms with Gasteiger partial charge in [0.05, 0.1) is 13.2 Å². The van der Waals surface area contributed by atoms with Crippen LogP contribution in [0.4, 0.5) is 0 Å². The Morgan fingerprint density at radius 2 is 1.49 bits per heavy atom. The number of ether oxygens (including phenoxy) is 1. The normalized spacial score (nSPS) is 25.7. The number of hydrogen-bond donors (Lipinski definition) is 13. The van der Waals surface area contributed by atoms with E-state index in [9.17, 15) is 66.1 Å². The maximum absolute atomic E-state index is 13.1. The van der Waals surface area contributed by atoms with Crippen molar-refractivity contribution in [1.29, 1.82) is 0 Å². The highest BCUT2D eigenvalue weighted by Crippen LogP contribution is 2.51. The number of carbonyl (C=O) groups is 1. The van der Waals surface area contributed by atoms with Crippen molar-refractivity contribution < 1.29 is 81.0 Å². The van der Waals surface area contributed by atoms with Crippen molar-refractivity contribution >= 4 is 5.78 Å². The Balaban J connectivity index is 2.19. The Kier molecular flexibility index (Phi) is 6.26. The average molecular weight is 511 g/mol. The number of ketones is 1. The quantitative estimate of drug-likeness (QED) is 0.0958. The number of Topliss-reactive ketones (excluding diaryl/α,β-unsaturated/α-hetero) is 1. The van der Waals surface area contributed by atoms with Crippen LogP contribution in [0.3, 0.4) is 0 Å². The number of benzene rings is 1. The lowest BCUT2D eigenvalue weighted by Crippen LogP contribution is -2.88. The van der Waals surface area contributed by atoms with Crippen LogP contribution in [0.2, 0.25) is 0 Å². The van der Waals surface area contributed by atoms with E-state index in [-0.39, 0.29) is 35.6 Å². The van der Waals surface area contributed by atoms with Crippen molar-refractivity contribution in [2.24, 2.45) is 0 Å². The fourth-order valence-electron chi connectivity index (χ4n) is 4.61. The highest BCUT2D eigenvalue weighted by atomic mass is 17.1. The van der Waals surface area contributed by atoms with Gasteiger partial charge in [0.15, 0.2) is 11.4 Å². The topological polar surface area (TPSA) is 302 Å². The van der Waals surface area contributed by atoms with E-state index in [1.54, 1.807) is 0 Å². The first-order chi connectivity index (χ1) is 15.7.